The summed E-state index contributed by atoms with van der Waals surface area (Å²) in [6.45, 7) is 1.98. The van der Waals surface area contributed by atoms with Gasteiger partial charge in [-0.1, -0.05) is 30.3 Å². The van der Waals surface area contributed by atoms with E-state index < -0.39 is 12.0 Å². The Morgan fingerprint density at radius 2 is 2.04 bits per heavy atom. The second kappa shape index (κ2) is 6.31. The van der Waals surface area contributed by atoms with Crippen molar-refractivity contribution in [1.82, 2.24) is 4.57 Å². The maximum atomic E-state index is 12.5. The van der Waals surface area contributed by atoms with Crippen LogP contribution >= 0.6 is 0 Å². The van der Waals surface area contributed by atoms with Crippen molar-refractivity contribution in [2.75, 3.05) is 12.4 Å². The van der Waals surface area contributed by atoms with E-state index in [-0.39, 0.29) is 12.3 Å². The lowest BCUT2D eigenvalue weighted by molar-refractivity contribution is -0.142. The van der Waals surface area contributed by atoms with Crippen LogP contribution in [-0.2, 0) is 21.4 Å². The van der Waals surface area contributed by atoms with Gasteiger partial charge in [0.05, 0.1) is 24.9 Å². The molecule has 0 saturated carbocycles. The number of anilines is 1. The van der Waals surface area contributed by atoms with Gasteiger partial charge in [-0.15, -0.1) is 0 Å². The van der Waals surface area contributed by atoms with Crippen LogP contribution in [0.5, 0.6) is 0 Å². The number of aromatic nitrogens is 1. The van der Waals surface area contributed by atoms with Gasteiger partial charge in [-0.2, -0.15) is 0 Å². The molecule has 124 valence electrons. The van der Waals surface area contributed by atoms with Gasteiger partial charge in [0.15, 0.2) is 0 Å². The van der Waals surface area contributed by atoms with E-state index >= 15 is 0 Å². The Balaban J connectivity index is 2.16. The highest BCUT2D eigenvalue weighted by molar-refractivity contribution is 6.20. The molecule has 0 radical (unpaired) electrons. The third-order valence-corrected chi connectivity index (χ3v) is 4.20. The van der Waals surface area contributed by atoms with Gasteiger partial charge in [0.25, 0.3) is 0 Å². The molecule has 1 N–H and O–H groups in total. The first-order valence-electron chi connectivity index (χ1n) is 7.68. The molecule has 2 aromatic rings. The monoisotopic (exact) mass is 325 g/mol. The molecule has 1 aromatic heterocycles. The maximum Gasteiger partial charge on any atom is 0.308 e. The van der Waals surface area contributed by atoms with Crippen LogP contribution in [-0.4, -0.2) is 35.3 Å². The molecular formula is C18H19N3O3. The summed E-state index contributed by atoms with van der Waals surface area (Å²) < 4.78 is 6.64. The predicted octanol–water partition coefficient (Wildman–Crippen LogP) is 2.05. The standard InChI is InChI=1S/C18H19N3O3/c1-11-16-14(10-21(11)2)20-18(23)13(9-15(22)24-3)19-17(16)12-7-5-4-6-8-12/h4-8,10,13H,9H2,1-3H3,(H,20,23)/t13-/m0/s1. The molecule has 0 fully saturated rings. The van der Waals surface area contributed by atoms with Crippen molar-refractivity contribution in [1.29, 1.82) is 0 Å². The number of rotatable bonds is 3. The first kappa shape index (κ1) is 16.0. The molecule has 2 heterocycles. The Labute approximate surface area is 140 Å². The smallest absolute Gasteiger partial charge is 0.308 e. The van der Waals surface area contributed by atoms with Crippen LogP contribution in [0.2, 0.25) is 0 Å². The number of benzene rings is 1. The van der Waals surface area contributed by atoms with E-state index in [0.717, 1.165) is 16.8 Å². The van der Waals surface area contributed by atoms with Crippen LogP contribution in [0.3, 0.4) is 0 Å². The Hall–Kier alpha value is -2.89. The molecular weight excluding hydrogens is 306 g/mol. The molecule has 0 aliphatic carbocycles. The van der Waals surface area contributed by atoms with E-state index in [9.17, 15) is 9.59 Å². The van der Waals surface area contributed by atoms with Crippen LogP contribution in [0.4, 0.5) is 5.69 Å². The summed E-state index contributed by atoms with van der Waals surface area (Å²) in [4.78, 5) is 28.7. The molecule has 3 rings (SSSR count). The number of aryl methyl sites for hydroxylation is 1. The van der Waals surface area contributed by atoms with Gasteiger partial charge < -0.3 is 14.6 Å². The number of amides is 1. The third-order valence-electron chi connectivity index (χ3n) is 4.20. The van der Waals surface area contributed by atoms with Crippen molar-refractivity contribution in [2.45, 2.75) is 19.4 Å². The Morgan fingerprint density at radius 3 is 2.71 bits per heavy atom. The lowest BCUT2D eigenvalue weighted by atomic mass is 10.0. The number of ether oxygens (including phenoxy) is 1. The number of methoxy groups -OCH3 is 1. The highest BCUT2D eigenvalue weighted by atomic mass is 16.5. The molecule has 1 amide bonds. The van der Waals surface area contributed by atoms with Crippen LogP contribution in [0.25, 0.3) is 0 Å². The second-order valence-electron chi connectivity index (χ2n) is 5.74. The zero-order valence-electron chi connectivity index (χ0n) is 13.9. The molecule has 6 nitrogen and oxygen atoms in total. The average Bonchev–Trinajstić information content (AvgIpc) is 2.77. The quantitative estimate of drug-likeness (QED) is 0.878. The Morgan fingerprint density at radius 1 is 1.33 bits per heavy atom. The average molecular weight is 325 g/mol. The first-order chi connectivity index (χ1) is 11.5. The van der Waals surface area contributed by atoms with E-state index in [1.54, 1.807) is 0 Å². The van der Waals surface area contributed by atoms with E-state index in [1.165, 1.54) is 7.11 Å². The SMILES string of the molecule is COC(=O)C[C@@H]1N=C(c2ccccc2)c2c(cn(C)c2C)NC1=O. The van der Waals surface area contributed by atoms with Gasteiger partial charge in [-0.3, -0.25) is 14.6 Å². The molecule has 6 heteroatoms. The fourth-order valence-corrected chi connectivity index (χ4v) is 2.81. The number of nitrogens with zero attached hydrogens (tertiary/aromatic N) is 2. The van der Waals surface area contributed by atoms with Crippen LogP contribution < -0.4 is 5.32 Å². The van der Waals surface area contributed by atoms with Crippen molar-refractivity contribution in [3.05, 3.63) is 53.3 Å². The number of esters is 1. The van der Waals surface area contributed by atoms with Crippen LogP contribution in [0, 0.1) is 6.92 Å². The van der Waals surface area contributed by atoms with Crippen molar-refractivity contribution < 1.29 is 14.3 Å². The van der Waals surface area contributed by atoms with Gasteiger partial charge in [-0.05, 0) is 6.92 Å². The highest BCUT2D eigenvalue weighted by Crippen LogP contribution is 2.29. The predicted molar refractivity (Wildman–Crippen MR) is 91.3 cm³/mol. The number of hydrogen-bond acceptors (Lipinski definition) is 4. The Kier molecular flexibility index (Phi) is 4.20. The fraction of sp³-hybridized carbons (Fsp3) is 0.278. The number of carbonyl (C=O) groups is 2. The fourth-order valence-electron chi connectivity index (χ4n) is 2.81. The van der Waals surface area contributed by atoms with Crippen molar-refractivity contribution in [2.24, 2.45) is 12.0 Å². The summed E-state index contributed by atoms with van der Waals surface area (Å²) in [5, 5.41) is 2.88. The molecule has 1 atom stereocenters. The first-order valence-corrected chi connectivity index (χ1v) is 7.68. The minimum absolute atomic E-state index is 0.0892. The number of aliphatic imine (C=N–C) groups is 1. The van der Waals surface area contributed by atoms with E-state index in [4.69, 9.17) is 4.74 Å². The third kappa shape index (κ3) is 2.82. The van der Waals surface area contributed by atoms with Gasteiger partial charge in [0, 0.05) is 30.1 Å². The molecule has 1 aromatic carbocycles. The minimum atomic E-state index is -0.815. The zero-order chi connectivity index (χ0) is 17.3. The van der Waals surface area contributed by atoms with E-state index in [2.05, 4.69) is 10.3 Å². The molecule has 24 heavy (non-hydrogen) atoms. The van der Waals surface area contributed by atoms with Crippen molar-refractivity contribution >= 4 is 23.3 Å². The summed E-state index contributed by atoms with van der Waals surface area (Å²) >= 11 is 0. The molecule has 1 aliphatic rings. The number of nitrogens with one attached hydrogen (secondary N) is 1. The number of hydrogen-bond donors (Lipinski definition) is 1. The maximum absolute atomic E-state index is 12.5. The van der Waals surface area contributed by atoms with Crippen LogP contribution in [0.15, 0.2) is 41.5 Å². The molecule has 1 aliphatic heterocycles. The Bertz CT molecular complexity index is 822. The van der Waals surface area contributed by atoms with Crippen molar-refractivity contribution in [3.8, 4) is 0 Å². The molecule has 0 unspecified atom stereocenters. The van der Waals surface area contributed by atoms with E-state index in [0.29, 0.717) is 11.4 Å². The highest BCUT2D eigenvalue weighted by Gasteiger charge is 2.30. The summed E-state index contributed by atoms with van der Waals surface area (Å²) in [5.41, 5.74) is 4.18. The minimum Gasteiger partial charge on any atom is -0.469 e. The largest absolute Gasteiger partial charge is 0.469 e. The topological polar surface area (TPSA) is 72.7 Å². The van der Waals surface area contributed by atoms with E-state index in [1.807, 2.05) is 55.1 Å². The zero-order valence-corrected chi connectivity index (χ0v) is 13.9. The van der Waals surface area contributed by atoms with Crippen LogP contribution in [0.1, 0.15) is 23.2 Å². The van der Waals surface area contributed by atoms with Gasteiger partial charge in [0.1, 0.15) is 6.04 Å². The lowest BCUT2D eigenvalue weighted by Gasteiger charge is -2.11. The number of fused-ring (bicyclic) bond motifs is 1. The van der Waals surface area contributed by atoms with Gasteiger partial charge in [-0.25, -0.2) is 0 Å². The van der Waals surface area contributed by atoms with Gasteiger partial charge >= 0.3 is 5.97 Å². The van der Waals surface area contributed by atoms with Crippen molar-refractivity contribution in [3.63, 3.8) is 0 Å². The summed E-state index contributed by atoms with van der Waals surface area (Å²) in [6.07, 6.45) is 1.77. The summed E-state index contributed by atoms with van der Waals surface area (Å²) in [7, 11) is 3.22. The molecule has 0 bridgehead atoms. The number of carbonyl (C=O) groups excluding carboxylic acids is 2. The summed E-state index contributed by atoms with van der Waals surface area (Å²) in [6, 6.07) is 8.84. The molecule has 0 saturated heterocycles. The lowest BCUT2D eigenvalue weighted by Crippen LogP contribution is -2.28. The van der Waals surface area contributed by atoms with Gasteiger partial charge in [0.2, 0.25) is 5.91 Å². The summed E-state index contributed by atoms with van der Waals surface area (Å²) in [5.74, 6) is -0.770. The molecule has 0 spiro atoms. The normalized spacial score (nSPS) is 16.7. The second-order valence-corrected chi connectivity index (χ2v) is 5.74.